The third-order valence-corrected chi connectivity index (χ3v) is 3.61. The number of rotatable bonds is 5. The molecule has 0 atom stereocenters. The van der Waals surface area contributed by atoms with Crippen molar-refractivity contribution in [2.24, 2.45) is 5.92 Å². The number of methoxy groups -OCH3 is 1. The summed E-state index contributed by atoms with van der Waals surface area (Å²) < 4.78 is 5.04. The van der Waals surface area contributed by atoms with Gasteiger partial charge in [-0.25, -0.2) is 4.98 Å². The molecule has 2 heterocycles. The first-order valence-electron chi connectivity index (χ1n) is 6.66. The topological polar surface area (TPSA) is 37.4 Å². The van der Waals surface area contributed by atoms with Crippen LogP contribution in [0, 0.1) is 5.92 Å². The van der Waals surface area contributed by atoms with Gasteiger partial charge in [0.2, 0.25) is 5.88 Å². The van der Waals surface area contributed by atoms with Crippen LogP contribution in [0.15, 0.2) is 18.3 Å². The Hall–Kier alpha value is -1.13. The van der Waals surface area contributed by atoms with E-state index < -0.39 is 0 Å². The van der Waals surface area contributed by atoms with Gasteiger partial charge in [-0.15, -0.1) is 0 Å². The van der Waals surface area contributed by atoms with E-state index in [4.69, 9.17) is 4.74 Å². The number of nitrogens with one attached hydrogen (secondary N) is 1. The molecule has 1 aromatic heterocycles. The molecule has 0 spiro atoms. The highest BCUT2D eigenvalue weighted by Gasteiger charge is 2.15. The summed E-state index contributed by atoms with van der Waals surface area (Å²) in [5.74, 6) is 1.50. The summed E-state index contributed by atoms with van der Waals surface area (Å²) in [6.07, 6.45) is 4.50. The van der Waals surface area contributed by atoms with Gasteiger partial charge in [-0.2, -0.15) is 0 Å². The third-order valence-electron chi connectivity index (χ3n) is 3.61. The van der Waals surface area contributed by atoms with Gasteiger partial charge in [0.05, 0.1) is 7.11 Å². The van der Waals surface area contributed by atoms with E-state index in [1.54, 1.807) is 7.11 Å². The lowest BCUT2D eigenvalue weighted by molar-refractivity contribution is 0.216. The van der Waals surface area contributed by atoms with Crippen molar-refractivity contribution in [3.63, 3.8) is 0 Å². The monoisotopic (exact) mass is 249 g/mol. The summed E-state index contributed by atoms with van der Waals surface area (Å²) in [5, 5.41) is 3.52. The van der Waals surface area contributed by atoms with Gasteiger partial charge in [-0.05, 0) is 51.0 Å². The maximum absolute atomic E-state index is 5.04. The van der Waals surface area contributed by atoms with Crippen molar-refractivity contribution in [3.8, 4) is 5.88 Å². The number of aromatic nitrogens is 1. The second-order valence-corrected chi connectivity index (χ2v) is 5.09. The molecule has 0 bridgehead atoms. The molecule has 4 nitrogen and oxygen atoms in total. The summed E-state index contributed by atoms with van der Waals surface area (Å²) in [7, 11) is 3.84. The minimum absolute atomic E-state index is 0.675. The SMILES string of the molecule is COc1ccc(CNCC2CCN(C)CC2)cn1. The second-order valence-electron chi connectivity index (χ2n) is 5.09. The molecule has 0 aliphatic carbocycles. The third kappa shape index (κ3) is 3.96. The molecule has 0 saturated carbocycles. The van der Waals surface area contributed by atoms with Gasteiger partial charge in [-0.1, -0.05) is 6.07 Å². The summed E-state index contributed by atoms with van der Waals surface area (Å²) in [5.41, 5.74) is 1.21. The fourth-order valence-corrected chi connectivity index (χ4v) is 2.32. The lowest BCUT2D eigenvalue weighted by Crippen LogP contribution is -2.34. The summed E-state index contributed by atoms with van der Waals surface area (Å²) in [4.78, 5) is 6.61. The number of piperidine rings is 1. The van der Waals surface area contributed by atoms with E-state index in [1.807, 2.05) is 12.3 Å². The molecule has 100 valence electrons. The number of likely N-dealkylation sites (tertiary alicyclic amines) is 1. The Morgan fingerprint density at radius 1 is 1.39 bits per heavy atom. The average molecular weight is 249 g/mol. The Bertz CT molecular complexity index is 345. The Labute approximate surface area is 109 Å². The van der Waals surface area contributed by atoms with Gasteiger partial charge >= 0.3 is 0 Å². The summed E-state index contributed by atoms with van der Waals surface area (Å²) in [6, 6.07) is 3.97. The fourth-order valence-electron chi connectivity index (χ4n) is 2.32. The van der Waals surface area contributed by atoms with Crippen molar-refractivity contribution in [1.29, 1.82) is 0 Å². The van der Waals surface area contributed by atoms with E-state index in [0.717, 1.165) is 19.0 Å². The molecule has 18 heavy (non-hydrogen) atoms. The first kappa shape index (κ1) is 13.3. The maximum Gasteiger partial charge on any atom is 0.212 e. The van der Waals surface area contributed by atoms with E-state index in [2.05, 4.69) is 28.3 Å². The Balaban J connectivity index is 1.68. The van der Waals surface area contributed by atoms with Crippen LogP contribution >= 0.6 is 0 Å². The average Bonchev–Trinajstić information content (AvgIpc) is 2.42. The quantitative estimate of drug-likeness (QED) is 0.858. The van der Waals surface area contributed by atoms with Crippen LogP contribution in [-0.2, 0) is 6.54 Å². The number of hydrogen-bond donors (Lipinski definition) is 1. The van der Waals surface area contributed by atoms with Crippen LogP contribution < -0.4 is 10.1 Å². The molecule has 0 aromatic carbocycles. The van der Waals surface area contributed by atoms with E-state index in [-0.39, 0.29) is 0 Å². The highest BCUT2D eigenvalue weighted by molar-refractivity contribution is 5.17. The zero-order valence-corrected chi connectivity index (χ0v) is 11.4. The smallest absolute Gasteiger partial charge is 0.212 e. The van der Waals surface area contributed by atoms with Crippen LogP contribution in [0.1, 0.15) is 18.4 Å². The molecular weight excluding hydrogens is 226 g/mol. The van der Waals surface area contributed by atoms with Crippen molar-refractivity contribution in [2.75, 3.05) is 33.8 Å². The highest BCUT2D eigenvalue weighted by atomic mass is 16.5. The lowest BCUT2D eigenvalue weighted by Gasteiger charge is -2.29. The van der Waals surface area contributed by atoms with Gasteiger partial charge in [0.15, 0.2) is 0 Å². The number of nitrogens with zero attached hydrogens (tertiary/aromatic N) is 2. The van der Waals surface area contributed by atoms with Crippen LogP contribution in [0.3, 0.4) is 0 Å². The van der Waals surface area contributed by atoms with Crippen LogP contribution in [0.2, 0.25) is 0 Å². The molecule has 1 aromatic rings. The number of pyridine rings is 1. The molecule has 1 N–H and O–H groups in total. The van der Waals surface area contributed by atoms with Gasteiger partial charge in [-0.3, -0.25) is 0 Å². The van der Waals surface area contributed by atoms with E-state index in [1.165, 1.54) is 31.5 Å². The number of hydrogen-bond acceptors (Lipinski definition) is 4. The normalized spacial score (nSPS) is 17.9. The maximum atomic E-state index is 5.04. The number of ether oxygens (including phenoxy) is 1. The minimum atomic E-state index is 0.675. The highest BCUT2D eigenvalue weighted by Crippen LogP contribution is 2.15. The molecule has 2 rings (SSSR count). The Morgan fingerprint density at radius 3 is 2.78 bits per heavy atom. The second kappa shape index (κ2) is 6.71. The minimum Gasteiger partial charge on any atom is -0.481 e. The van der Waals surface area contributed by atoms with E-state index in [0.29, 0.717) is 5.88 Å². The zero-order chi connectivity index (χ0) is 12.8. The van der Waals surface area contributed by atoms with Gasteiger partial charge in [0, 0.05) is 18.8 Å². The van der Waals surface area contributed by atoms with Crippen molar-refractivity contribution < 1.29 is 4.74 Å². The molecular formula is C14H23N3O. The van der Waals surface area contributed by atoms with E-state index >= 15 is 0 Å². The summed E-state index contributed by atoms with van der Waals surface area (Å²) in [6.45, 7) is 4.47. The fraction of sp³-hybridized carbons (Fsp3) is 0.643. The zero-order valence-electron chi connectivity index (χ0n) is 11.4. The van der Waals surface area contributed by atoms with Gasteiger partial charge in [0.25, 0.3) is 0 Å². The first-order chi connectivity index (χ1) is 8.78. The van der Waals surface area contributed by atoms with Crippen LogP contribution in [0.5, 0.6) is 5.88 Å². The predicted molar refractivity (Wildman–Crippen MR) is 72.7 cm³/mol. The molecule has 0 radical (unpaired) electrons. The first-order valence-corrected chi connectivity index (χ1v) is 6.66. The van der Waals surface area contributed by atoms with Crippen molar-refractivity contribution >= 4 is 0 Å². The van der Waals surface area contributed by atoms with Crippen LogP contribution in [0.25, 0.3) is 0 Å². The molecule has 0 amide bonds. The van der Waals surface area contributed by atoms with E-state index in [9.17, 15) is 0 Å². The Kier molecular flexibility index (Phi) is 4.96. The van der Waals surface area contributed by atoms with Crippen LogP contribution in [0.4, 0.5) is 0 Å². The van der Waals surface area contributed by atoms with Crippen molar-refractivity contribution in [1.82, 2.24) is 15.2 Å². The molecule has 1 fully saturated rings. The van der Waals surface area contributed by atoms with Crippen molar-refractivity contribution in [3.05, 3.63) is 23.9 Å². The molecule has 0 unspecified atom stereocenters. The van der Waals surface area contributed by atoms with Crippen LogP contribution in [-0.4, -0.2) is 43.7 Å². The standard InChI is InChI=1S/C14H23N3O/c1-17-7-5-12(6-8-17)9-15-10-13-3-4-14(18-2)16-11-13/h3-4,11-12,15H,5-10H2,1-2H3. The molecule has 1 aliphatic heterocycles. The van der Waals surface area contributed by atoms with Gasteiger partial charge in [0.1, 0.15) is 0 Å². The van der Waals surface area contributed by atoms with Crippen molar-refractivity contribution in [2.45, 2.75) is 19.4 Å². The predicted octanol–water partition coefficient (Wildman–Crippen LogP) is 1.52. The Morgan fingerprint density at radius 2 is 2.17 bits per heavy atom. The van der Waals surface area contributed by atoms with Gasteiger partial charge < -0.3 is 15.0 Å². The molecule has 4 heteroatoms. The largest absolute Gasteiger partial charge is 0.481 e. The molecule has 1 aliphatic rings. The lowest BCUT2D eigenvalue weighted by atomic mass is 9.97. The molecule has 1 saturated heterocycles. The summed E-state index contributed by atoms with van der Waals surface area (Å²) >= 11 is 0.